The summed E-state index contributed by atoms with van der Waals surface area (Å²) >= 11 is 1.42. The molecule has 1 fully saturated rings. The second-order valence-corrected chi connectivity index (χ2v) is 7.57. The zero-order valence-corrected chi connectivity index (χ0v) is 16.2. The summed E-state index contributed by atoms with van der Waals surface area (Å²) in [4.78, 5) is 35.2. The SMILES string of the molecule is Cn1cc(-c2nc(C(=O)NC3CCN(C(=O)c4ccncc4)CC3)cs2)cn1. The second kappa shape index (κ2) is 7.89. The highest BCUT2D eigenvalue weighted by molar-refractivity contribution is 7.13. The van der Waals surface area contributed by atoms with Crippen molar-refractivity contribution in [3.8, 4) is 10.6 Å². The number of hydrogen-bond donors (Lipinski definition) is 1. The Labute approximate surface area is 166 Å². The number of amides is 2. The van der Waals surface area contributed by atoms with Gasteiger partial charge in [0, 0.05) is 61.3 Å². The first-order valence-electron chi connectivity index (χ1n) is 9.05. The minimum Gasteiger partial charge on any atom is -0.348 e. The molecule has 0 aromatic carbocycles. The summed E-state index contributed by atoms with van der Waals surface area (Å²) < 4.78 is 1.71. The maximum absolute atomic E-state index is 12.5. The standard InChI is InChI=1S/C19H20N6O2S/c1-24-11-14(10-21-24)18-23-16(12-28-18)17(26)22-15-4-8-25(9-5-15)19(27)13-2-6-20-7-3-13/h2-3,6-7,10-12,15H,4-5,8-9H2,1H3,(H,22,26). The van der Waals surface area contributed by atoms with E-state index in [1.54, 1.807) is 40.8 Å². The summed E-state index contributed by atoms with van der Waals surface area (Å²) in [7, 11) is 1.84. The number of thiazole rings is 1. The van der Waals surface area contributed by atoms with E-state index in [1.165, 1.54) is 11.3 Å². The van der Waals surface area contributed by atoms with Crippen LogP contribution in [0.1, 0.15) is 33.7 Å². The molecule has 9 heteroatoms. The molecule has 144 valence electrons. The van der Waals surface area contributed by atoms with Gasteiger partial charge in [0.05, 0.1) is 6.20 Å². The van der Waals surface area contributed by atoms with Gasteiger partial charge in [0.15, 0.2) is 0 Å². The molecule has 4 heterocycles. The van der Waals surface area contributed by atoms with Crippen molar-refractivity contribution in [3.05, 3.63) is 53.6 Å². The van der Waals surface area contributed by atoms with Crippen LogP contribution in [0.5, 0.6) is 0 Å². The molecule has 3 aromatic heterocycles. The van der Waals surface area contributed by atoms with E-state index in [0.717, 1.165) is 23.4 Å². The number of nitrogens with zero attached hydrogens (tertiary/aromatic N) is 5. The molecule has 0 unspecified atom stereocenters. The molecule has 1 aliphatic rings. The van der Waals surface area contributed by atoms with Gasteiger partial charge in [-0.2, -0.15) is 5.10 Å². The van der Waals surface area contributed by atoms with Gasteiger partial charge >= 0.3 is 0 Å². The number of aromatic nitrogens is 4. The number of piperidine rings is 1. The zero-order valence-electron chi connectivity index (χ0n) is 15.4. The van der Waals surface area contributed by atoms with Crippen LogP contribution in [0.4, 0.5) is 0 Å². The third-order valence-electron chi connectivity index (χ3n) is 4.73. The van der Waals surface area contributed by atoms with Crippen molar-refractivity contribution in [3.63, 3.8) is 0 Å². The number of nitrogens with one attached hydrogen (secondary N) is 1. The Morgan fingerprint density at radius 1 is 1.21 bits per heavy atom. The average molecular weight is 396 g/mol. The van der Waals surface area contributed by atoms with Crippen LogP contribution in [0.2, 0.25) is 0 Å². The van der Waals surface area contributed by atoms with Crippen molar-refractivity contribution in [1.29, 1.82) is 0 Å². The topological polar surface area (TPSA) is 93.0 Å². The fourth-order valence-corrected chi connectivity index (χ4v) is 3.98. The van der Waals surface area contributed by atoms with Gasteiger partial charge < -0.3 is 10.2 Å². The van der Waals surface area contributed by atoms with E-state index >= 15 is 0 Å². The quantitative estimate of drug-likeness (QED) is 0.728. The lowest BCUT2D eigenvalue weighted by Crippen LogP contribution is -2.46. The highest BCUT2D eigenvalue weighted by Gasteiger charge is 2.25. The number of carbonyl (C=O) groups is 2. The molecule has 0 saturated carbocycles. The Morgan fingerprint density at radius 3 is 2.64 bits per heavy atom. The third-order valence-corrected chi connectivity index (χ3v) is 5.62. The number of carbonyl (C=O) groups excluding carboxylic acids is 2. The molecule has 3 aromatic rings. The van der Waals surface area contributed by atoms with Crippen molar-refractivity contribution in [2.75, 3.05) is 13.1 Å². The Hall–Kier alpha value is -3.07. The van der Waals surface area contributed by atoms with E-state index in [1.807, 2.05) is 18.1 Å². The molecule has 0 spiro atoms. The van der Waals surface area contributed by atoms with Crippen LogP contribution in [-0.2, 0) is 7.05 Å². The summed E-state index contributed by atoms with van der Waals surface area (Å²) in [5.74, 6) is -0.168. The summed E-state index contributed by atoms with van der Waals surface area (Å²) in [6.45, 7) is 1.23. The number of hydrogen-bond acceptors (Lipinski definition) is 6. The lowest BCUT2D eigenvalue weighted by molar-refractivity contribution is 0.0697. The normalized spacial score (nSPS) is 14.8. The van der Waals surface area contributed by atoms with E-state index < -0.39 is 0 Å². The molecule has 2 amide bonds. The molecule has 8 nitrogen and oxygen atoms in total. The number of rotatable bonds is 4. The van der Waals surface area contributed by atoms with Gasteiger partial charge in [-0.1, -0.05) is 0 Å². The summed E-state index contributed by atoms with van der Waals surface area (Å²) in [6.07, 6.45) is 8.29. The Bertz CT molecular complexity index is 975. The van der Waals surface area contributed by atoms with E-state index in [0.29, 0.717) is 24.3 Å². The van der Waals surface area contributed by atoms with Crippen LogP contribution in [0.15, 0.2) is 42.3 Å². The molecule has 1 N–H and O–H groups in total. The maximum atomic E-state index is 12.5. The third kappa shape index (κ3) is 3.94. The van der Waals surface area contributed by atoms with Gasteiger partial charge in [0.2, 0.25) is 0 Å². The molecule has 1 saturated heterocycles. The fraction of sp³-hybridized carbons (Fsp3) is 0.316. The molecular formula is C19H20N6O2S. The van der Waals surface area contributed by atoms with Gasteiger partial charge in [0.1, 0.15) is 10.7 Å². The smallest absolute Gasteiger partial charge is 0.270 e. The first kappa shape index (κ1) is 18.3. The van der Waals surface area contributed by atoms with Gasteiger partial charge in [0.25, 0.3) is 11.8 Å². The first-order valence-corrected chi connectivity index (χ1v) is 9.93. The Kier molecular flexibility index (Phi) is 5.16. The van der Waals surface area contributed by atoms with Crippen LogP contribution in [0.25, 0.3) is 10.6 Å². The monoisotopic (exact) mass is 396 g/mol. The van der Waals surface area contributed by atoms with E-state index in [4.69, 9.17) is 0 Å². The molecule has 4 rings (SSSR count). The van der Waals surface area contributed by atoms with Crippen LogP contribution in [0.3, 0.4) is 0 Å². The van der Waals surface area contributed by atoms with Crippen LogP contribution >= 0.6 is 11.3 Å². The molecule has 1 aliphatic heterocycles. The van der Waals surface area contributed by atoms with Crippen molar-refractivity contribution >= 4 is 23.2 Å². The summed E-state index contributed by atoms with van der Waals surface area (Å²) in [5, 5.41) is 9.71. The first-order chi connectivity index (χ1) is 13.6. The molecule has 0 radical (unpaired) electrons. The number of pyridine rings is 1. The predicted octanol–water partition coefficient (Wildman–Crippen LogP) is 1.97. The fourth-order valence-electron chi connectivity index (χ4n) is 3.21. The van der Waals surface area contributed by atoms with Crippen molar-refractivity contribution in [1.82, 2.24) is 30.0 Å². The maximum Gasteiger partial charge on any atom is 0.270 e. The molecular weight excluding hydrogens is 376 g/mol. The molecule has 0 aliphatic carbocycles. The Balaban J connectivity index is 1.32. The number of aryl methyl sites for hydroxylation is 1. The summed E-state index contributed by atoms with van der Waals surface area (Å²) in [5.41, 5.74) is 1.96. The van der Waals surface area contributed by atoms with Crippen LogP contribution in [-0.4, -0.2) is 55.6 Å². The van der Waals surface area contributed by atoms with Gasteiger partial charge in [-0.05, 0) is 25.0 Å². The van der Waals surface area contributed by atoms with Crippen molar-refractivity contribution in [2.45, 2.75) is 18.9 Å². The number of likely N-dealkylation sites (tertiary alicyclic amines) is 1. The molecule has 28 heavy (non-hydrogen) atoms. The van der Waals surface area contributed by atoms with E-state index in [2.05, 4.69) is 20.4 Å². The predicted molar refractivity (Wildman–Crippen MR) is 105 cm³/mol. The minimum absolute atomic E-state index is 0.00721. The van der Waals surface area contributed by atoms with Crippen LogP contribution < -0.4 is 5.32 Å². The van der Waals surface area contributed by atoms with Crippen molar-refractivity contribution < 1.29 is 9.59 Å². The van der Waals surface area contributed by atoms with Gasteiger partial charge in [-0.3, -0.25) is 19.3 Å². The minimum atomic E-state index is -0.176. The average Bonchev–Trinajstić information content (AvgIpc) is 3.38. The van der Waals surface area contributed by atoms with Crippen LogP contribution in [0, 0.1) is 0 Å². The van der Waals surface area contributed by atoms with Gasteiger partial charge in [-0.25, -0.2) is 4.98 Å². The van der Waals surface area contributed by atoms with Gasteiger partial charge in [-0.15, -0.1) is 11.3 Å². The van der Waals surface area contributed by atoms with E-state index in [9.17, 15) is 9.59 Å². The lowest BCUT2D eigenvalue weighted by atomic mass is 10.0. The molecule has 0 bridgehead atoms. The summed E-state index contributed by atoms with van der Waals surface area (Å²) in [6, 6.07) is 3.48. The lowest BCUT2D eigenvalue weighted by Gasteiger charge is -2.32. The highest BCUT2D eigenvalue weighted by Crippen LogP contribution is 2.23. The Morgan fingerprint density at radius 2 is 1.96 bits per heavy atom. The molecule has 0 atom stereocenters. The zero-order chi connectivity index (χ0) is 19.5. The second-order valence-electron chi connectivity index (χ2n) is 6.72. The highest BCUT2D eigenvalue weighted by atomic mass is 32.1. The largest absolute Gasteiger partial charge is 0.348 e. The van der Waals surface area contributed by atoms with E-state index in [-0.39, 0.29) is 17.9 Å². The van der Waals surface area contributed by atoms with Crippen molar-refractivity contribution in [2.24, 2.45) is 7.05 Å².